The second-order valence-corrected chi connectivity index (χ2v) is 11.6. The summed E-state index contributed by atoms with van der Waals surface area (Å²) in [6, 6.07) is 21.6. The molecular formula is C20H29NOSi. The third-order valence-corrected chi connectivity index (χ3v) is 9.35. The first-order valence-electron chi connectivity index (χ1n) is 8.38. The second kappa shape index (κ2) is 7.43. The van der Waals surface area contributed by atoms with E-state index in [-0.39, 0.29) is 11.1 Å². The molecule has 0 aromatic heterocycles. The smallest absolute Gasteiger partial charge is 0.261 e. The van der Waals surface area contributed by atoms with Crippen LogP contribution in [-0.2, 0) is 4.43 Å². The fourth-order valence-electron chi connectivity index (χ4n) is 3.16. The van der Waals surface area contributed by atoms with Gasteiger partial charge in [-0.15, -0.1) is 0 Å². The number of hydrogen-bond donors (Lipinski definition) is 1. The van der Waals surface area contributed by atoms with Gasteiger partial charge in [0.2, 0.25) is 0 Å². The van der Waals surface area contributed by atoms with Gasteiger partial charge in [0.05, 0.1) is 0 Å². The fourth-order valence-corrected chi connectivity index (χ4v) is 7.74. The van der Waals surface area contributed by atoms with Gasteiger partial charge in [0.1, 0.15) is 0 Å². The molecule has 1 atom stereocenters. The topological polar surface area (TPSA) is 35.2 Å². The summed E-state index contributed by atoms with van der Waals surface area (Å²) in [5, 5.41) is 2.68. The molecule has 0 unspecified atom stereocenters. The van der Waals surface area contributed by atoms with E-state index in [0.29, 0.717) is 6.61 Å². The zero-order chi connectivity index (χ0) is 16.9. The normalized spacial score (nSPS) is 13.8. The summed E-state index contributed by atoms with van der Waals surface area (Å²) in [7, 11) is -2.37. The molecule has 0 spiro atoms. The summed E-state index contributed by atoms with van der Waals surface area (Å²) in [6.45, 7) is 9.63. The van der Waals surface area contributed by atoms with Gasteiger partial charge in [-0.3, -0.25) is 0 Å². The minimum atomic E-state index is -2.37. The molecule has 2 rings (SSSR count). The van der Waals surface area contributed by atoms with Gasteiger partial charge >= 0.3 is 0 Å². The highest BCUT2D eigenvalue weighted by atomic mass is 28.4. The summed E-state index contributed by atoms with van der Waals surface area (Å²) in [5.41, 5.74) is 5.94. The molecule has 0 bridgehead atoms. The Morgan fingerprint density at radius 1 is 0.913 bits per heavy atom. The minimum absolute atomic E-state index is 0.0353. The first-order chi connectivity index (χ1) is 10.9. The zero-order valence-electron chi connectivity index (χ0n) is 14.8. The Kier molecular flexibility index (Phi) is 5.79. The molecule has 23 heavy (non-hydrogen) atoms. The Labute approximate surface area is 141 Å². The van der Waals surface area contributed by atoms with Crippen LogP contribution in [0.4, 0.5) is 0 Å². The maximum absolute atomic E-state index is 6.74. The van der Waals surface area contributed by atoms with Crippen molar-refractivity contribution in [1.82, 2.24) is 0 Å². The van der Waals surface area contributed by atoms with E-state index in [9.17, 15) is 0 Å². The summed E-state index contributed by atoms with van der Waals surface area (Å²) >= 11 is 0. The van der Waals surface area contributed by atoms with Crippen molar-refractivity contribution in [2.24, 2.45) is 5.73 Å². The van der Waals surface area contributed by atoms with Gasteiger partial charge in [-0.05, 0) is 28.8 Å². The molecule has 2 aromatic rings. The van der Waals surface area contributed by atoms with E-state index in [0.717, 1.165) is 6.42 Å². The molecule has 2 nitrogen and oxygen atoms in total. The van der Waals surface area contributed by atoms with Gasteiger partial charge in [-0.1, -0.05) is 81.4 Å². The molecule has 0 heterocycles. The molecule has 0 aliphatic rings. The first-order valence-corrected chi connectivity index (χ1v) is 10.3. The van der Waals surface area contributed by atoms with Crippen molar-refractivity contribution in [3.05, 3.63) is 60.7 Å². The first kappa shape index (κ1) is 17.9. The molecule has 2 N–H and O–H groups in total. The van der Waals surface area contributed by atoms with E-state index in [1.807, 2.05) is 6.92 Å². The number of rotatable bonds is 6. The minimum Gasteiger partial charge on any atom is -0.407 e. The van der Waals surface area contributed by atoms with Crippen LogP contribution in [0, 0.1) is 0 Å². The van der Waals surface area contributed by atoms with Crippen LogP contribution >= 0.6 is 0 Å². The van der Waals surface area contributed by atoms with E-state index in [4.69, 9.17) is 10.2 Å². The quantitative estimate of drug-likeness (QED) is 0.826. The number of hydrogen-bond acceptors (Lipinski definition) is 2. The molecule has 124 valence electrons. The SMILES string of the molecule is C[C@@H](N)CCO[Si](c1ccccc1)(c1ccccc1)C(C)(C)C. The van der Waals surface area contributed by atoms with Crippen molar-refractivity contribution < 1.29 is 4.43 Å². The second-order valence-electron chi connectivity index (χ2n) is 7.28. The van der Waals surface area contributed by atoms with Gasteiger partial charge in [0.15, 0.2) is 0 Å². The van der Waals surface area contributed by atoms with E-state index >= 15 is 0 Å². The average molecular weight is 328 g/mol. The van der Waals surface area contributed by atoms with Gasteiger partial charge in [-0.2, -0.15) is 0 Å². The summed E-state index contributed by atoms with van der Waals surface area (Å²) in [4.78, 5) is 0. The van der Waals surface area contributed by atoms with Crippen LogP contribution in [0.1, 0.15) is 34.1 Å². The summed E-state index contributed by atoms with van der Waals surface area (Å²) in [5.74, 6) is 0. The van der Waals surface area contributed by atoms with Crippen molar-refractivity contribution in [2.75, 3.05) is 6.61 Å². The largest absolute Gasteiger partial charge is 0.407 e. The van der Waals surface area contributed by atoms with Gasteiger partial charge in [0.25, 0.3) is 8.32 Å². The maximum atomic E-state index is 6.74. The Hall–Kier alpha value is -1.42. The van der Waals surface area contributed by atoms with Crippen molar-refractivity contribution in [2.45, 2.75) is 45.2 Å². The molecule has 0 amide bonds. The number of nitrogens with two attached hydrogens (primary N) is 1. The van der Waals surface area contributed by atoms with Crippen molar-refractivity contribution in [1.29, 1.82) is 0 Å². The lowest BCUT2D eigenvalue weighted by Crippen LogP contribution is -2.66. The Balaban J connectivity index is 2.55. The molecule has 0 aliphatic carbocycles. The Bertz CT molecular complexity index is 551. The van der Waals surface area contributed by atoms with Crippen molar-refractivity contribution >= 4 is 18.7 Å². The fraction of sp³-hybridized carbons (Fsp3) is 0.400. The monoisotopic (exact) mass is 327 g/mol. The predicted octanol–water partition coefficient (Wildman–Crippen LogP) is 3.30. The molecule has 0 fully saturated rings. The molecule has 0 aliphatic heterocycles. The van der Waals surface area contributed by atoms with Crippen LogP contribution in [0.15, 0.2) is 60.7 Å². The maximum Gasteiger partial charge on any atom is 0.261 e. The third kappa shape index (κ3) is 3.92. The lowest BCUT2D eigenvalue weighted by atomic mass is 10.2. The standard InChI is InChI=1S/C20H29NOSi/c1-17(21)15-16-22-23(20(2,3)4,18-11-7-5-8-12-18)19-13-9-6-10-14-19/h5-14,17H,15-16,21H2,1-4H3/t17-/m1/s1. The predicted molar refractivity (Wildman–Crippen MR) is 102 cm³/mol. The van der Waals surface area contributed by atoms with Crippen LogP contribution in [0.5, 0.6) is 0 Å². The summed E-state index contributed by atoms with van der Waals surface area (Å²) < 4.78 is 6.74. The number of benzene rings is 2. The van der Waals surface area contributed by atoms with Gasteiger partial charge < -0.3 is 10.2 Å². The van der Waals surface area contributed by atoms with E-state index in [2.05, 4.69) is 81.4 Å². The van der Waals surface area contributed by atoms with E-state index in [1.165, 1.54) is 10.4 Å². The van der Waals surface area contributed by atoms with Crippen LogP contribution in [-0.4, -0.2) is 21.0 Å². The van der Waals surface area contributed by atoms with Crippen LogP contribution in [0.3, 0.4) is 0 Å². The van der Waals surface area contributed by atoms with Crippen molar-refractivity contribution in [3.63, 3.8) is 0 Å². The molecule has 0 radical (unpaired) electrons. The van der Waals surface area contributed by atoms with Crippen LogP contribution < -0.4 is 16.1 Å². The van der Waals surface area contributed by atoms with Crippen LogP contribution in [0.2, 0.25) is 5.04 Å². The highest BCUT2D eigenvalue weighted by Gasteiger charge is 2.49. The van der Waals surface area contributed by atoms with Crippen molar-refractivity contribution in [3.8, 4) is 0 Å². The highest BCUT2D eigenvalue weighted by molar-refractivity contribution is 6.99. The molecule has 0 saturated heterocycles. The van der Waals surface area contributed by atoms with Crippen LogP contribution in [0.25, 0.3) is 0 Å². The summed E-state index contributed by atoms with van der Waals surface area (Å²) in [6.07, 6.45) is 0.879. The molecule has 2 aromatic carbocycles. The third-order valence-electron chi connectivity index (χ3n) is 4.31. The molecular weight excluding hydrogens is 298 g/mol. The Morgan fingerprint density at radius 3 is 1.70 bits per heavy atom. The van der Waals surface area contributed by atoms with E-state index in [1.54, 1.807) is 0 Å². The Morgan fingerprint density at radius 2 is 1.35 bits per heavy atom. The highest BCUT2D eigenvalue weighted by Crippen LogP contribution is 2.36. The lowest BCUT2D eigenvalue weighted by Gasteiger charge is -2.43. The molecule has 3 heteroatoms. The van der Waals surface area contributed by atoms with Gasteiger partial charge in [0, 0.05) is 12.6 Å². The molecule has 0 saturated carbocycles. The van der Waals surface area contributed by atoms with Gasteiger partial charge in [-0.25, -0.2) is 0 Å². The average Bonchev–Trinajstić information content (AvgIpc) is 2.52. The zero-order valence-corrected chi connectivity index (χ0v) is 15.8. The van der Waals surface area contributed by atoms with E-state index < -0.39 is 8.32 Å². The lowest BCUT2D eigenvalue weighted by molar-refractivity contribution is 0.283.